The minimum atomic E-state index is -3.37. The molecule has 0 spiro atoms. The van der Waals surface area contributed by atoms with Crippen LogP contribution in [0.5, 0.6) is 11.6 Å². The van der Waals surface area contributed by atoms with Crippen molar-refractivity contribution in [3.8, 4) is 11.6 Å². The van der Waals surface area contributed by atoms with Crippen molar-refractivity contribution in [2.45, 2.75) is 103 Å². The smallest absolute Gasteiger partial charge is 0.408 e. The van der Waals surface area contributed by atoms with Gasteiger partial charge in [0.1, 0.15) is 29.8 Å². The van der Waals surface area contributed by atoms with E-state index in [1.165, 1.54) is 29.2 Å². The van der Waals surface area contributed by atoms with Crippen molar-refractivity contribution in [1.82, 2.24) is 15.2 Å². The van der Waals surface area contributed by atoms with Crippen LogP contribution < -0.4 is 14.8 Å². The molecule has 1 saturated carbocycles. The lowest BCUT2D eigenvalue weighted by molar-refractivity contribution is -0.139. The topological polar surface area (TPSA) is 107 Å². The fraction of sp³-hybridized carbons (Fsp3) is 0.625. The highest BCUT2D eigenvalue weighted by molar-refractivity contribution is 5.89. The molecule has 2 bridgehead atoms. The number of carbonyl (C=O) groups excluding carboxylic acids is 3. The highest BCUT2D eigenvalue weighted by Crippen LogP contribution is 2.50. The van der Waals surface area contributed by atoms with E-state index in [2.05, 4.69) is 15.0 Å². The highest BCUT2D eigenvalue weighted by atomic mass is 19.3. The summed E-state index contributed by atoms with van der Waals surface area (Å²) in [6.45, 7) is 5.52. The van der Waals surface area contributed by atoms with Crippen molar-refractivity contribution in [3.05, 3.63) is 29.8 Å². The predicted molar refractivity (Wildman–Crippen MR) is 155 cm³/mol. The van der Waals surface area contributed by atoms with Crippen molar-refractivity contribution in [2.24, 2.45) is 17.3 Å². The number of halogens is 4. The van der Waals surface area contributed by atoms with Gasteiger partial charge in [0.15, 0.2) is 0 Å². The summed E-state index contributed by atoms with van der Waals surface area (Å²) in [5, 5.41) is 2.99. The lowest BCUT2D eigenvalue weighted by Crippen LogP contribution is -2.56. The zero-order chi connectivity index (χ0) is 32.9. The Morgan fingerprint density at radius 1 is 1.18 bits per heavy atom. The number of carbonyl (C=O) groups is 3. The molecule has 0 radical (unpaired) electrons. The number of rotatable bonds is 3. The molecule has 6 atom stereocenters. The van der Waals surface area contributed by atoms with Crippen LogP contribution in [0.25, 0.3) is 10.9 Å². The van der Waals surface area contributed by atoms with Gasteiger partial charge in [-0.1, -0.05) is 34.1 Å². The monoisotopic (exact) mass is 637 g/mol. The quantitative estimate of drug-likeness (QED) is 0.315. The maximum atomic E-state index is 15.9. The number of pyridine rings is 1. The van der Waals surface area contributed by atoms with E-state index >= 15 is 8.78 Å². The van der Waals surface area contributed by atoms with Gasteiger partial charge in [-0.15, -0.1) is 0 Å². The average Bonchev–Trinajstić information content (AvgIpc) is 3.46. The maximum Gasteiger partial charge on any atom is 0.408 e. The third kappa shape index (κ3) is 6.81. The Morgan fingerprint density at radius 3 is 2.58 bits per heavy atom. The molecule has 9 nitrogen and oxygen atoms in total. The lowest BCUT2D eigenvalue weighted by Gasteiger charge is -2.35. The summed E-state index contributed by atoms with van der Waals surface area (Å²) in [7, 11) is 0. The van der Waals surface area contributed by atoms with Crippen LogP contribution in [0.2, 0.25) is 0 Å². The summed E-state index contributed by atoms with van der Waals surface area (Å²) >= 11 is 0. The predicted octanol–water partition coefficient (Wildman–Crippen LogP) is 6.21. The first kappa shape index (κ1) is 32.7. The zero-order valence-electron chi connectivity index (χ0n) is 25.9. The molecule has 1 aliphatic carbocycles. The van der Waals surface area contributed by atoms with Crippen molar-refractivity contribution in [3.63, 3.8) is 0 Å². The molecule has 1 aromatic heterocycles. The molecule has 2 aromatic rings. The van der Waals surface area contributed by atoms with E-state index in [1.54, 1.807) is 34.6 Å². The molecule has 2 amide bonds. The summed E-state index contributed by atoms with van der Waals surface area (Å²) in [5.74, 6) is -5.18. The highest BCUT2D eigenvalue weighted by Gasteiger charge is 2.54. The Morgan fingerprint density at radius 2 is 1.91 bits per heavy atom. The summed E-state index contributed by atoms with van der Waals surface area (Å²) in [5.41, 5.74) is -1.92. The number of hydrogen-bond acceptors (Lipinski definition) is 7. The van der Waals surface area contributed by atoms with Gasteiger partial charge in [-0.05, 0) is 49.8 Å². The van der Waals surface area contributed by atoms with Crippen LogP contribution in [0.15, 0.2) is 24.3 Å². The zero-order valence-corrected chi connectivity index (χ0v) is 25.9. The summed E-state index contributed by atoms with van der Waals surface area (Å²) < 4.78 is 73.9. The Bertz CT molecular complexity index is 1470. The number of alkyl carbamates (subject to hydrolysis) is 1. The molecule has 1 saturated heterocycles. The third-order valence-corrected chi connectivity index (χ3v) is 9.27. The van der Waals surface area contributed by atoms with E-state index < -0.39 is 77.5 Å². The normalized spacial score (nSPS) is 30.7. The molecule has 3 aliphatic rings. The second kappa shape index (κ2) is 11.9. The molecule has 1 N–H and O–H groups in total. The summed E-state index contributed by atoms with van der Waals surface area (Å²) in [6, 6.07) is 3.02. The molecule has 3 heterocycles. The second-order valence-corrected chi connectivity index (χ2v) is 13.7. The van der Waals surface area contributed by atoms with Gasteiger partial charge < -0.3 is 29.2 Å². The van der Waals surface area contributed by atoms with Crippen LogP contribution in [0.3, 0.4) is 0 Å². The van der Waals surface area contributed by atoms with Crippen LogP contribution in [-0.4, -0.2) is 65.1 Å². The number of ether oxygens (including phenoxy) is 3. The molecule has 246 valence electrons. The van der Waals surface area contributed by atoms with Crippen LogP contribution in [0, 0.1) is 17.3 Å². The number of nitrogens with zero attached hydrogens (tertiary/aromatic N) is 2. The fourth-order valence-corrected chi connectivity index (χ4v) is 6.37. The van der Waals surface area contributed by atoms with Crippen molar-refractivity contribution in [2.75, 3.05) is 6.54 Å². The van der Waals surface area contributed by atoms with Crippen LogP contribution in [0.1, 0.15) is 72.3 Å². The molecular weight excluding hydrogens is 598 g/mol. The molecule has 1 aromatic carbocycles. The van der Waals surface area contributed by atoms with Gasteiger partial charge in [0.2, 0.25) is 11.8 Å². The number of fused-ring (bicyclic) bond motifs is 5. The standard InChI is InChI=1S/C32H39F4N3O6/c1-17-23(16-40)39-15-24(17)44-26-21(12-18-9-10-20(43-28(33)34)13-22(18)37-26)32(35,36)11-7-6-8-19-14-31(19,5)45-29(42)38-25(27(39)41)30(2,3)4/h9-10,12-13,16-17,19,23-25,28H,6-8,11,14-15H2,1-5H3,(H,38,42)/t17-,19+,23+,24-,25+,31+/m0/s1. The van der Waals surface area contributed by atoms with E-state index in [4.69, 9.17) is 9.47 Å². The molecule has 2 fully saturated rings. The van der Waals surface area contributed by atoms with E-state index in [0.29, 0.717) is 25.5 Å². The Labute approximate surface area is 259 Å². The van der Waals surface area contributed by atoms with E-state index in [9.17, 15) is 23.2 Å². The van der Waals surface area contributed by atoms with Crippen molar-refractivity contribution in [1.29, 1.82) is 0 Å². The molecule has 2 aliphatic heterocycles. The van der Waals surface area contributed by atoms with Gasteiger partial charge in [-0.3, -0.25) is 4.79 Å². The second-order valence-electron chi connectivity index (χ2n) is 13.7. The average molecular weight is 638 g/mol. The first-order valence-corrected chi connectivity index (χ1v) is 15.2. The lowest BCUT2D eigenvalue weighted by atomic mass is 9.85. The maximum absolute atomic E-state index is 15.9. The van der Waals surface area contributed by atoms with Gasteiger partial charge in [0, 0.05) is 29.7 Å². The van der Waals surface area contributed by atoms with Gasteiger partial charge in [-0.25, -0.2) is 18.6 Å². The Kier molecular flexibility index (Phi) is 8.69. The summed E-state index contributed by atoms with van der Waals surface area (Å²) in [4.78, 5) is 44.9. The molecular formula is C32H39F4N3O6. The molecule has 5 rings (SSSR count). The first-order chi connectivity index (χ1) is 21.0. The number of nitrogens with one attached hydrogen (secondary N) is 1. The largest absolute Gasteiger partial charge is 0.472 e. The van der Waals surface area contributed by atoms with E-state index in [0.717, 1.165) is 0 Å². The number of aldehydes is 1. The fourth-order valence-electron chi connectivity index (χ4n) is 6.37. The SMILES string of the molecule is C[C@@H]1[C@@H]2CN(C(=O)[C@H](C(C)(C)C)NC(=O)O[C@]3(C)C[C@H]3CCCCC(F)(F)c3cc4ccc(OC(F)F)cc4nc3O2)[C@@H]1C=O. The Balaban J connectivity index is 1.56. The van der Waals surface area contributed by atoms with Crippen LogP contribution >= 0.6 is 0 Å². The third-order valence-electron chi connectivity index (χ3n) is 9.27. The molecule has 13 heteroatoms. The van der Waals surface area contributed by atoms with Crippen molar-refractivity contribution >= 4 is 29.2 Å². The minimum Gasteiger partial charge on any atom is -0.472 e. The Hall–Kier alpha value is -3.64. The molecule has 0 unspecified atom stereocenters. The van der Waals surface area contributed by atoms with Crippen LogP contribution in [0.4, 0.5) is 22.4 Å². The van der Waals surface area contributed by atoms with Gasteiger partial charge in [0.05, 0.1) is 23.7 Å². The summed E-state index contributed by atoms with van der Waals surface area (Å²) in [6.07, 6.45) is 0.181. The van der Waals surface area contributed by atoms with Gasteiger partial charge >= 0.3 is 12.7 Å². The number of hydrogen-bond donors (Lipinski definition) is 1. The number of alkyl halides is 4. The number of aromatic nitrogens is 1. The first-order valence-electron chi connectivity index (χ1n) is 15.2. The van der Waals surface area contributed by atoms with Gasteiger partial charge in [-0.2, -0.15) is 8.78 Å². The molecule has 45 heavy (non-hydrogen) atoms. The van der Waals surface area contributed by atoms with E-state index in [-0.39, 0.29) is 35.5 Å². The number of benzene rings is 1. The number of amides is 2. The van der Waals surface area contributed by atoms with Crippen LogP contribution in [-0.2, 0) is 20.2 Å². The van der Waals surface area contributed by atoms with Crippen molar-refractivity contribution < 1.29 is 46.2 Å². The minimum absolute atomic E-state index is 0.00920. The van der Waals surface area contributed by atoms with Gasteiger partial charge in [0.25, 0.3) is 5.92 Å². The van der Waals surface area contributed by atoms with E-state index in [1.807, 2.05) is 0 Å².